The number of aldehydes is 1. The van der Waals surface area contributed by atoms with Crippen LogP contribution >= 0.6 is 0 Å². The molecule has 0 atom stereocenters. The van der Waals surface area contributed by atoms with Crippen molar-refractivity contribution in [1.82, 2.24) is 0 Å². The maximum absolute atomic E-state index is 11.3. The smallest absolute Gasteiger partial charge is 0.135 e. The van der Waals surface area contributed by atoms with Gasteiger partial charge in [-0.2, -0.15) is 0 Å². The molecule has 0 fully saturated rings. The van der Waals surface area contributed by atoms with Gasteiger partial charge in [-0.25, -0.2) is 0 Å². The van der Waals surface area contributed by atoms with E-state index in [0.29, 0.717) is 5.78 Å². The third kappa shape index (κ3) is 11.6. The molecule has 0 aromatic rings. The SMILES string of the molecule is CC(C)C(=O)CCCCCCCCCCC=O. The Hall–Kier alpha value is -0.660. The van der Waals surface area contributed by atoms with Crippen molar-refractivity contribution in [2.45, 2.75) is 78.1 Å². The standard InChI is InChI=1S/C15H28O2/c1-14(2)15(17)12-10-8-6-4-3-5-7-9-11-13-16/h13-14H,3-12H2,1-2H3. The Kier molecular flexibility index (Phi) is 11.4. The van der Waals surface area contributed by atoms with Gasteiger partial charge in [0.15, 0.2) is 0 Å². The second kappa shape index (κ2) is 11.8. The zero-order valence-corrected chi connectivity index (χ0v) is 11.5. The summed E-state index contributed by atoms with van der Waals surface area (Å²) < 4.78 is 0. The van der Waals surface area contributed by atoms with Crippen LogP contribution < -0.4 is 0 Å². The van der Waals surface area contributed by atoms with E-state index in [9.17, 15) is 9.59 Å². The number of ketones is 1. The summed E-state index contributed by atoms with van der Waals surface area (Å²) in [7, 11) is 0. The Morgan fingerprint density at radius 3 is 1.82 bits per heavy atom. The number of carbonyl (C=O) groups is 2. The molecule has 0 aliphatic heterocycles. The molecule has 17 heavy (non-hydrogen) atoms. The molecule has 0 aromatic heterocycles. The first-order chi connectivity index (χ1) is 8.18. The molecule has 0 heterocycles. The predicted molar refractivity (Wildman–Crippen MR) is 72.1 cm³/mol. The Labute approximate surface area is 106 Å². The van der Waals surface area contributed by atoms with Crippen LogP contribution in [0.25, 0.3) is 0 Å². The van der Waals surface area contributed by atoms with E-state index in [4.69, 9.17) is 0 Å². The van der Waals surface area contributed by atoms with Crippen LogP contribution in [0.5, 0.6) is 0 Å². The van der Waals surface area contributed by atoms with Gasteiger partial charge in [0.2, 0.25) is 0 Å². The quantitative estimate of drug-likeness (QED) is 0.376. The molecule has 0 radical (unpaired) electrons. The molecule has 0 aliphatic rings. The summed E-state index contributed by atoms with van der Waals surface area (Å²) in [4.78, 5) is 21.4. The Balaban J connectivity index is 3.08. The van der Waals surface area contributed by atoms with E-state index in [-0.39, 0.29) is 5.92 Å². The summed E-state index contributed by atoms with van der Waals surface area (Å²) >= 11 is 0. The van der Waals surface area contributed by atoms with Crippen LogP contribution in [-0.2, 0) is 9.59 Å². The largest absolute Gasteiger partial charge is 0.303 e. The van der Waals surface area contributed by atoms with Crippen molar-refractivity contribution in [3.8, 4) is 0 Å². The van der Waals surface area contributed by atoms with E-state index in [1.165, 1.54) is 38.5 Å². The van der Waals surface area contributed by atoms with Gasteiger partial charge in [0.05, 0.1) is 0 Å². The molecule has 100 valence electrons. The summed E-state index contributed by atoms with van der Waals surface area (Å²) in [6.07, 6.45) is 12.0. The molecule has 2 heteroatoms. The van der Waals surface area contributed by atoms with E-state index < -0.39 is 0 Å². The average Bonchev–Trinajstić information content (AvgIpc) is 2.31. The fraction of sp³-hybridized carbons (Fsp3) is 0.867. The number of rotatable bonds is 12. The van der Waals surface area contributed by atoms with Gasteiger partial charge in [-0.05, 0) is 12.8 Å². The molecule has 0 bridgehead atoms. The second-order valence-corrected chi connectivity index (χ2v) is 5.15. The topological polar surface area (TPSA) is 34.1 Å². The predicted octanol–water partition coefficient (Wildman–Crippen LogP) is 4.31. The lowest BCUT2D eigenvalue weighted by Gasteiger charge is -2.04. The number of unbranched alkanes of at least 4 members (excludes halogenated alkanes) is 8. The maximum Gasteiger partial charge on any atom is 0.135 e. The fourth-order valence-electron chi connectivity index (χ4n) is 1.88. The van der Waals surface area contributed by atoms with E-state index >= 15 is 0 Å². The van der Waals surface area contributed by atoms with Gasteiger partial charge in [0.25, 0.3) is 0 Å². The summed E-state index contributed by atoms with van der Waals surface area (Å²) in [6.45, 7) is 3.95. The zero-order chi connectivity index (χ0) is 12.9. The van der Waals surface area contributed by atoms with Crippen molar-refractivity contribution < 1.29 is 9.59 Å². The molecule has 0 unspecified atom stereocenters. The minimum Gasteiger partial charge on any atom is -0.303 e. The van der Waals surface area contributed by atoms with Gasteiger partial charge < -0.3 is 4.79 Å². The van der Waals surface area contributed by atoms with Crippen LogP contribution in [0.2, 0.25) is 0 Å². The normalized spacial score (nSPS) is 10.8. The molecule has 2 nitrogen and oxygen atoms in total. The van der Waals surface area contributed by atoms with Crippen molar-refractivity contribution in [3.63, 3.8) is 0 Å². The highest BCUT2D eigenvalue weighted by molar-refractivity contribution is 5.80. The minimum absolute atomic E-state index is 0.202. The lowest BCUT2D eigenvalue weighted by atomic mass is 10.0. The third-order valence-corrected chi connectivity index (χ3v) is 3.14. The Bertz CT molecular complexity index is 197. The van der Waals surface area contributed by atoms with Crippen molar-refractivity contribution in [1.29, 1.82) is 0 Å². The molecule has 0 saturated carbocycles. The van der Waals surface area contributed by atoms with Gasteiger partial charge in [-0.3, -0.25) is 4.79 Å². The van der Waals surface area contributed by atoms with Gasteiger partial charge in [0, 0.05) is 18.8 Å². The molecule has 0 aromatic carbocycles. The highest BCUT2D eigenvalue weighted by Gasteiger charge is 2.05. The lowest BCUT2D eigenvalue weighted by molar-refractivity contribution is -0.122. The monoisotopic (exact) mass is 240 g/mol. The summed E-state index contributed by atoms with van der Waals surface area (Å²) in [5, 5.41) is 0. The fourth-order valence-corrected chi connectivity index (χ4v) is 1.88. The van der Waals surface area contributed by atoms with Gasteiger partial charge in [-0.1, -0.05) is 52.4 Å². The summed E-state index contributed by atoms with van der Waals surface area (Å²) in [5.74, 6) is 0.603. The van der Waals surface area contributed by atoms with E-state index in [2.05, 4.69) is 0 Å². The van der Waals surface area contributed by atoms with Crippen molar-refractivity contribution in [3.05, 3.63) is 0 Å². The molecular weight excluding hydrogens is 212 g/mol. The van der Waals surface area contributed by atoms with Crippen LogP contribution in [0.3, 0.4) is 0 Å². The van der Waals surface area contributed by atoms with Crippen LogP contribution in [0.1, 0.15) is 78.1 Å². The number of hydrogen-bond acceptors (Lipinski definition) is 2. The van der Waals surface area contributed by atoms with Crippen LogP contribution in [0, 0.1) is 5.92 Å². The van der Waals surface area contributed by atoms with E-state index in [0.717, 1.165) is 32.0 Å². The van der Waals surface area contributed by atoms with Crippen molar-refractivity contribution in [2.24, 2.45) is 5.92 Å². The summed E-state index contributed by atoms with van der Waals surface area (Å²) in [5.41, 5.74) is 0. The first-order valence-electron chi connectivity index (χ1n) is 7.15. The van der Waals surface area contributed by atoms with E-state index in [1.54, 1.807) is 0 Å². The van der Waals surface area contributed by atoms with Crippen LogP contribution in [0.4, 0.5) is 0 Å². The second-order valence-electron chi connectivity index (χ2n) is 5.15. The zero-order valence-electron chi connectivity index (χ0n) is 11.5. The molecule has 0 spiro atoms. The molecule has 0 amide bonds. The number of hydrogen-bond donors (Lipinski definition) is 0. The Morgan fingerprint density at radius 2 is 1.35 bits per heavy atom. The molecule has 0 N–H and O–H groups in total. The maximum atomic E-state index is 11.3. The minimum atomic E-state index is 0.202. The van der Waals surface area contributed by atoms with Crippen molar-refractivity contribution >= 4 is 12.1 Å². The summed E-state index contributed by atoms with van der Waals surface area (Å²) in [6, 6.07) is 0. The number of carbonyl (C=O) groups excluding carboxylic acids is 2. The molecular formula is C15H28O2. The first kappa shape index (κ1) is 16.3. The Morgan fingerprint density at radius 1 is 0.882 bits per heavy atom. The van der Waals surface area contributed by atoms with Crippen LogP contribution in [0.15, 0.2) is 0 Å². The highest BCUT2D eigenvalue weighted by atomic mass is 16.1. The molecule has 0 rings (SSSR count). The van der Waals surface area contributed by atoms with Gasteiger partial charge in [-0.15, -0.1) is 0 Å². The van der Waals surface area contributed by atoms with E-state index in [1.807, 2.05) is 13.8 Å². The van der Waals surface area contributed by atoms with Crippen molar-refractivity contribution in [2.75, 3.05) is 0 Å². The number of Topliss-reactive ketones (excluding diaryl/α,β-unsaturated/α-hetero) is 1. The molecule has 0 aliphatic carbocycles. The molecule has 0 saturated heterocycles. The van der Waals surface area contributed by atoms with Gasteiger partial charge in [0.1, 0.15) is 12.1 Å². The lowest BCUT2D eigenvalue weighted by Crippen LogP contribution is -2.05. The first-order valence-corrected chi connectivity index (χ1v) is 7.15. The third-order valence-electron chi connectivity index (χ3n) is 3.14. The van der Waals surface area contributed by atoms with Gasteiger partial charge >= 0.3 is 0 Å². The average molecular weight is 240 g/mol. The highest BCUT2D eigenvalue weighted by Crippen LogP contribution is 2.11. The van der Waals surface area contributed by atoms with Crippen LogP contribution in [-0.4, -0.2) is 12.1 Å².